The fourth-order valence-electron chi connectivity index (χ4n) is 1.27. The smallest absolute Gasteiger partial charge is 0.325 e. The predicted molar refractivity (Wildman–Crippen MR) is 54.6 cm³/mol. The molecule has 0 aromatic heterocycles. The highest BCUT2D eigenvalue weighted by Crippen LogP contribution is 2.31. The summed E-state index contributed by atoms with van der Waals surface area (Å²) >= 11 is 0. The van der Waals surface area contributed by atoms with Crippen molar-refractivity contribution in [2.75, 3.05) is 7.11 Å². The fourth-order valence-corrected chi connectivity index (χ4v) is 1.27. The van der Waals surface area contributed by atoms with Crippen molar-refractivity contribution in [3.8, 4) is 11.5 Å². The molecule has 0 spiro atoms. The van der Waals surface area contributed by atoms with Gasteiger partial charge < -0.3 is 20.7 Å². The van der Waals surface area contributed by atoms with Gasteiger partial charge in [-0.25, -0.2) is 0 Å². The van der Waals surface area contributed by atoms with E-state index in [0.29, 0.717) is 6.29 Å². The van der Waals surface area contributed by atoms with Crippen LogP contribution >= 0.6 is 0 Å². The molecule has 0 heterocycles. The number of aromatic hydroxyl groups is 1. The van der Waals surface area contributed by atoms with Gasteiger partial charge >= 0.3 is 5.97 Å². The molecule has 4 N–H and O–H groups in total. The van der Waals surface area contributed by atoms with E-state index in [4.69, 9.17) is 15.6 Å². The standard InChI is InChI=1S/C10H11NO5/c1-16-8-2-5(4-12)6(3-7(8)13)9(11)10(14)15/h2-4,9,13H,11H2,1H3,(H,14,15). The molecule has 1 aromatic rings. The summed E-state index contributed by atoms with van der Waals surface area (Å²) in [5.74, 6) is -1.46. The third-order valence-corrected chi connectivity index (χ3v) is 2.11. The van der Waals surface area contributed by atoms with Crippen LogP contribution in [0.1, 0.15) is 22.0 Å². The van der Waals surface area contributed by atoms with Crippen molar-refractivity contribution in [1.29, 1.82) is 0 Å². The van der Waals surface area contributed by atoms with Crippen molar-refractivity contribution >= 4 is 12.3 Å². The van der Waals surface area contributed by atoms with Gasteiger partial charge in [0.15, 0.2) is 17.8 Å². The Morgan fingerprint density at radius 3 is 2.62 bits per heavy atom. The molecular formula is C10H11NO5. The number of carboxylic acids is 1. The second-order valence-corrected chi connectivity index (χ2v) is 3.09. The van der Waals surface area contributed by atoms with Crippen LogP contribution in [0.5, 0.6) is 11.5 Å². The topological polar surface area (TPSA) is 110 Å². The lowest BCUT2D eigenvalue weighted by Crippen LogP contribution is -2.22. The minimum atomic E-state index is -1.36. The van der Waals surface area contributed by atoms with Crippen LogP contribution in [0.2, 0.25) is 0 Å². The van der Waals surface area contributed by atoms with Crippen LogP contribution in [0.4, 0.5) is 0 Å². The first-order chi connectivity index (χ1) is 7.51. The molecular weight excluding hydrogens is 214 g/mol. The molecule has 0 saturated heterocycles. The quantitative estimate of drug-likeness (QED) is 0.635. The van der Waals surface area contributed by atoms with Gasteiger partial charge in [-0.2, -0.15) is 0 Å². The number of phenolic OH excluding ortho intramolecular Hbond substituents is 1. The highest BCUT2D eigenvalue weighted by atomic mass is 16.5. The highest BCUT2D eigenvalue weighted by molar-refractivity contribution is 5.85. The van der Waals surface area contributed by atoms with Crippen LogP contribution < -0.4 is 10.5 Å². The van der Waals surface area contributed by atoms with Crippen LogP contribution in [0, 0.1) is 0 Å². The first-order valence-electron chi connectivity index (χ1n) is 4.35. The van der Waals surface area contributed by atoms with Gasteiger partial charge in [0.2, 0.25) is 0 Å². The number of phenols is 1. The van der Waals surface area contributed by atoms with Crippen molar-refractivity contribution < 1.29 is 24.5 Å². The molecule has 0 aliphatic carbocycles. The van der Waals surface area contributed by atoms with E-state index in [0.717, 1.165) is 6.07 Å². The van der Waals surface area contributed by atoms with E-state index >= 15 is 0 Å². The van der Waals surface area contributed by atoms with E-state index < -0.39 is 12.0 Å². The summed E-state index contributed by atoms with van der Waals surface area (Å²) in [6.45, 7) is 0. The van der Waals surface area contributed by atoms with E-state index in [1.165, 1.54) is 13.2 Å². The van der Waals surface area contributed by atoms with Gasteiger partial charge in [0, 0.05) is 5.56 Å². The van der Waals surface area contributed by atoms with Crippen molar-refractivity contribution in [1.82, 2.24) is 0 Å². The Balaban J connectivity index is 3.33. The van der Waals surface area contributed by atoms with E-state index in [1.54, 1.807) is 0 Å². The molecule has 0 aliphatic heterocycles. The number of aldehydes is 1. The van der Waals surface area contributed by atoms with Gasteiger partial charge in [-0.05, 0) is 17.7 Å². The van der Waals surface area contributed by atoms with Gasteiger partial charge in [0.1, 0.15) is 6.04 Å². The molecule has 1 rings (SSSR count). The number of ether oxygens (including phenoxy) is 1. The van der Waals surface area contributed by atoms with Crippen molar-refractivity contribution in [2.24, 2.45) is 5.73 Å². The number of nitrogens with two attached hydrogens (primary N) is 1. The van der Waals surface area contributed by atoms with Crippen LogP contribution in [0.25, 0.3) is 0 Å². The van der Waals surface area contributed by atoms with E-state index in [2.05, 4.69) is 0 Å². The van der Waals surface area contributed by atoms with E-state index in [-0.39, 0.29) is 22.6 Å². The Labute approximate surface area is 91.3 Å². The van der Waals surface area contributed by atoms with Gasteiger partial charge in [0.25, 0.3) is 0 Å². The van der Waals surface area contributed by atoms with Crippen LogP contribution in [0.15, 0.2) is 12.1 Å². The molecule has 1 aromatic carbocycles. The molecule has 0 amide bonds. The number of benzene rings is 1. The number of aliphatic carboxylic acids is 1. The Morgan fingerprint density at radius 2 is 2.19 bits per heavy atom. The zero-order chi connectivity index (χ0) is 12.3. The summed E-state index contributed by atoms with van der Waals surface area (Å²) in [5.41, 5.74) is 5.48. The summed E-state index contributed by atoms with van der Waals surface area (Å²) in [6, 6.07) is 0.985. The lowest BCUT2D eigenvalue weighted by Gasteiger charge is -2.12. The van der Waals surface area contributed by atoms with Crippen molar-refractivity contribution in [3.63, 3.8) is 0 Å². The number of carboxylic acid groups (broad SMARTS) is 1. The van der Waals surface area contributed by atoms with Gasteiger partial charge in [0.05, 0.1) is 7.11 Å². The molecule has 0 saturated carbocycles. The predicted octanol–water partition coefficient (Wildman–Crippen LogP) is 0.298. The molecule has 86 valence electrons. The maximum absolute atomic E-state index is 10.7. The third kappa shape index (κ3) is 2.12. The van der Waals surface area contributed by atoms with Crippen LogP contribution in [-0.2, 0) is 4.79 Å². The zero-order valence-corrected chi connectivity index (χ0v) is 8.51. The maximum atomic E-state index is 10.7. The number of rotatable bonds is 4. The largest absolute Gasteiger partial charge is 0.504 e. The SMILES string of the molecule is COc1cc(C=O)c(C(N)C(=O)O)cc1O. The summed E-state index contributed by atoms with van der Waals surface area (Å²) in [4.78, 5) is 21.4. The second kappa shape index (κ2) is 4.63. The molecule has 16 heavy (non-hydrogen) atoms. The van der Waals surface area contributed by atoms with E-state index in [9.17, 15) is 14.7 Å². The first-order valence-corrected chi connectivity index (χ1v) is 4.35. The second-order valence-electron chi connectivity index (χ2n) is 3.09. The first kappa shape index (κ1) is 12.0. The Hall–Kier alpha value is -2.08. The van der Waals surface area contributed by atoms with Crippen LogP contribution in [-0.4, -0.2) is 29.6 Å². The van der Waals surface area contributed by atoms with Gasteiger partial charge in [-0.15, -0.1) is 0 Å². The average molecular weight is 225 g/mol. The fraction of sp³-hybridized carbons (Fsp3) is 0.200. The number of hydrogen-bond acceptors (Lipinski definition) is 5. The minimum absolute atomic E-state index is 0.0424. The zero-order valence-electron chi connectivity index (χ0n) is 8.51. The molecule has 0 fully saturated rings. The average Bonchev–Trinajstić information content (AvgIpc) is 2.27. The summed E-state index contributed by atoms with van der Waals surface area (Å²) in [5, 5.41) is 18.2. The monoisotopic (exact) mass is 225 g/mol. The van der Waals surface area contributed by atoms with Crippen molar-refractivity contribution in [3.05, 3.63) is 23.3 Å². The Kier molecular flexibility index (Phi) is 3.47. The van der Waals surface area contributed by atoms with Gasteiger partial charge in [-0.1, -0.05) is 0 Å². The summed E-state index contributed by atoms with van der Waals surface area (Å²) in [7, 11) is 1.32. The number of carbonyl (C=O) groups is 2. The lowest BCUT2D eigenvalue weighted by molar-refractivity contribution is -0.138. The molecule has 0 bridgehead atoms. The molecule has 6 nitrogen and oxygen atoms in total. The Bertz CT molecular complexity index is 429. The number of methoxy groups -OCH3 is 1. The minimum Gasteiger partial charge on any atom is -0.504 e. The summed E-state index contributed by atoms with van der Waals surface area (Å²) in [6.07, 6.45) is 0.458. The van der Waals surface area contributed by atoms with Crippen molar-refractivity contribution in [2.45, 2.75) is 6.04 Å². The molecule has 1 unspecified atom stereocenters. The molecule has 0 aliphatic rings. The van der Waals surface area contributed by atoms with Gasteiger partial charge in [-0.3, -0.25) is 9.59 Å². The normalized spacial score (nSPS) is 11.9. The lowest BCUT2D eigenvalue weighted by atomic mass is 10.0. The molecule has 0 radical (unpaired) electrons. The van der Waals surface area contributed by atoms with E-state index in [1.807, 2.05) is 0 Å². The maximum Gasteiger partial charge on any atom is 0.325 e. The molecule has 1 atom stereocenters. The molecule has 6 heteroatoms. The number of hydrogen-bond donors (Lipinski definition) is 3. The third-order valence-electron chi connectivity index (χ3n) is 2.11. The highest BCUT2D eigenvalue weighted by Gasteiger charge is 2.20. The summed E-state index contributed by atoms with van der Waals surface area (Å²) < 4.78 is 4.79. The number of carbonyl (C=O) groups excluding carboxylic acids is 1. The Morgan fingerprint density at radius 1 is 1.56 bits per heavy atom. The van der Waals surface area contributed by atoms with Crippen LogP contribution in [0.3, 0.4) is 0 Å².